The Labute approximate surface area is 126 Å². The van der Waals surface area contributed by atoms with Crippen molar-refractivity contribution < 1.29 is 45.3 Å². The van der Waals surface area contributed by atoms with Crippen molar-refractivity contribution in [1.82, 2.24) is 4.98 Å². The first-order chi connectivity index (χ1) is 10.5. The molecule has 0 aliphatic heterocycles. The summed E-state index contributed by atoms with van der Waals surface area (Å²) in [6, 6.07) is 0. The molecule has 1 rings (SSSR count). The average molecular weight is 347 g/mol. The number of hydrogen-bond donors (Lipinski definition) is 0. The average Bonchev–Trinajstić information content (AvgIpc) is 2.37. The lowest BCUT2D eigenvalue weighted by Gasteiger charge is -2.19. The summed E-state index contributed by atoms with van der Waals surface area (Å²) in [5, 5.41) is 0. The van der Waals surface area contributed by atoms with E-state index in [9.17, 15) is 31.1 Å². The Kier molecular flexibility index (Phi) is 5.67. The van der Waals surface area contributed by atoms with E-state index in [0.29, 0.717) is 6.20 Å². The highest BCUT2D eigenvalue weighted by Crippen LogP contribution is 2.44. The molecule has 0 atom stereocenters. The van der Waals surface area contributed by atoms with Gasteiger partial charge in [-0.25, -0.2) is 4.98 Å². The summed E-state index contributed by atoms with van der Waals surface area (Å²) < 4.78 is 88.2. The van der Waals surface area contributed by atoms with Crippen LogP contribution in [0.2, 0.25) is 0 Å². The number of aromatic nitrogens is 1. The van der Waals surface area contributed by atoms with Gasteiger partial charge in [0.25, 0.3) is 0 Å². The van der Waals surface area contributed by atoms with Crippen molar-refractivity contribution in [1.29, 1.82) is 0 Å². The third kappa shape index (κ3) is 5.18. The predicted molar refractivity (Wildman–Crippen MR) is 62.8 cm³/mol. The number of ether oxygens (including phenoxy) is 3. The fraction of sp³-hybridized carbons (Fsp3) is 0.500. The maximum Gasteiger partial charge on any atom is 0.574 e. The number of methoxy groups -OCH3 is 1. The van der Waals surface area contributed by atoms with Crippen molar-refractivity contribution in [3.63, 3.8) is 0 Å². The summed E-state index contributed by atoms with van der Waals surface area (Å²) in [4.78, 5) is 14.4. The summed E-state index contributed by atoms with van der Waals surface area (Å²) in [5.74, 6) is -3.58. The van der Waals surface area contributed by atoms with Gasteiger partial charge in [-0.15, -0.1) is 13.2 Å². The zero-order valence-corrected chi connectivity index (χ0v) is 11.8. The number of esters is 1. The van der Waals surface area contributed by atoms with E-state index in [1.54, 1.807) is 0 Å². The van der Waals surface area contributed by atoms with Crippen molar-refractivity contribution in [2.45, 2.75) is 25.9 Å². The number of carbonyl (C=O) groups excluding carboxylic acids is 1. The number of pyridine rings is 1. The molecule has 0 aliphatic rings. The number of alkyl halides is 6. The van der Waals surface area contributed by atoms with Crippen LogP contribution in [0.4, 0.5) is 26.3 Å². The van der Waals surface area contributed by atoms with E-state index in [2.05, 4.69) is 19.2 Å². The molecule has 0 saturated carbocycles. The van der Waals surface area contributed by atoms with Crippen molar-refractivity contribution >= 4 is 5.97 Å². The maximum absolute atomic E-state index is 13.1. The fourth-order valence-electron chi connectivity index (χ4n) is 1.68. The van der Waals surface area contributed by atoms with E-state index in [4.69, 9.17) is 0 Å². The molecule has 0 unspecified atom stereocenters. The Morgan fingerprint density at radius 2 is 1.83 bits per heavy atom. The van der Waals surface area contributed by atoms with Crippen molar-refractivity contribution in [3.05, 3.63) is 17.3 Å². The molecule has 0 amide bonds. The van der Waals surface area contributed by atoms with Gasteiger partial charge < -0.3 is 14.2 Å². The van der Waals surface area contributed by atoms with Crippen LogP contribution in [0.5, 0.6) is 11.6 Å². The van der Waals surface area contributed by atoms with E-state index >= 15 is 0 Å². The molecule has 0 aliphatic carbocycles. The van der Waals surface area contributed by atoms with Crippen molar-refractivity contribution in [2.24, 2.45) is 0 Å². The van der Waals surface area contributed by atoms with E-state index < -0.39 is 42.1 Å². The summed E-state index contributed by atoms with van der Waals surface area (Å²) in [6.45, 7) is 1.46. The number of nitrogens with zero attached hydrogens (tertiary/aromatic N) is 1. The SMILES string of the molecule is CCOC(=O)Cc1cnc(OC(F)(F)F)c(C(F)(F)F)c1OC. The molecule has 23 heavy (non-hydrogen) atoms. The first kappa shape index (κ1) is 18.8. The minimum atomic E-state index is -5.37. The summed E-state index contributed by atoms with van der Waals surface area (Å²) in [6.07, 6.45) is -10.6. The molecule has 0 N–H and O–H groups in total. The highest BCUT2D eigenvalue weighted by molar-refractivity contribution is 5.74. The van der Waals surface area contributed by atoms with Crippen molar-refractivity contribution in [2.75, 3.05) is 13.7 Å². The second kappa shape index (κ2) is 6.92. The van der Waals surface area contributed by atoms with Gasteiger partial charge in [-0.3, -0.25) is 4.79 Å². The molecule has 130 valence electrons. The fourth-order valence-corrected chi connectivity index (χ4v) is 1.68. The van der Waals surface area contributed by atoms with Crippen LogP contribution in [0.15, 0.2) is 6.20 Å². The van der Waals surface area contributed by atoms with Gasteiger partial charge in [-0.05, 0) is 6.92 Å². The normalized spacial score (nSPS) is 12.0. The summed E-state index contributed by atoms with van der Waals surface area (Å²) in [7, 11) is 0.816. The van der Waals surface area contributed by atoms with Gasteiger partial charge in [-0.1, -0.05) is 0 Å². The van der Waals surface area contributed by atoms with Gasteiger partial charge in [0.2, 0.25) is 5.88 Å². The van der Waals surface area contributed by atoms with Crippen LogP contribution < -0.4 is 9.47 Å². The smallest absolute Gasteiger partial charge is 0.496 e. The van der Waals surface area contributed by atoms with Gasteiger partial charge in [0.1, 0.15) is 5.75 Å². The largest absolute Gasteiger partial charge is 0.574 e. The van der Waals surface area contributed by atoms with Crippen LogP contribution in [0, 0.1) is 0 Å². The topological polar surface area (TPSA) is 57.7 Å². The first-order valence-corrected chi connectivity index (χ1v) is 6.04. The molecule has 5 nitrogen and oxygen atoms in total. The summed E-state index contributed by atoms with van der Waals surface area (Å²) >= 11 is 0. The molecule has 0 fully saturated rings. The van der Waals surface area contributed by atoms with Gasteiger partial charge in [0.15, 0.2) is 5.56 Å². The highest BCUT2D eigenvalue weighted by atomic mass is 19.4. The number of carbonyl (C=O) groups is 1. The minimum Gasteiger partial charge on any atom is -0.496 e. The lowest BCUT2D eigenvalue weighted by molar-refractivity contribution is -0.278. The van der Waals surface area contributed by atoms with E-state index in [1.165, 1.54) is 6.92 Å². The van der Waals surface area contributed by atoms with Crippen LogP contribution in [0.3, 0.4) is 0 Å². The molecule has 1 aromatic rings. The van der Waals surface area contributed by atoms with Gasteiger partial charge in [0.05, 0.1) is 20.1 Å². The van der Waals surface area contributed by atoms with Crippen LogP contribution in [0.25, 0.3) is 0 Å². The van der Waals surface area contributed by atoms with Gasteiger partial charge in [-0.2, -0.15) is 13.2 Å². The molecule has 1 heterocycles. The number of rotatable bonds is 5. The Balaban J connectivity index is 3.40. The zero-order chi connectivity index (χ0) is 17.8. The van der Waals surface area contributed by atoms with Crippen LogP contribution >= 0.6 is 0 Å². The van der Waals surface area contributed by atoms with Gasteiger partial charge >= 0.3 is 18.5 Å². The number of halogens is 6. The first-order valence-electron chi connectivity index (χ1n) is 6.04. The number of hydrogen-bond acceptors (Lipinski definition) is 5. The Morgan fingerprint density at radius 3 is 2.26 bits per heavy atom. The minimum absolute atomic E-state index is 0.0179. The third-order valence-electron chi connectivity index (χ3n) is 2.41. The molecular formula is C12H11F6NO4. The molecule has 0 aromatic carbocycles. The predicted octanol–water partition coefficient (Wildman–Crippen LogP) is 3.11. The standard InChI is InChI=1S/C12H11F6NO4/c1-3-22-7(20)4-6-5-19-10(23-12(16,17)18)8(9(6)21-2)11(13,14)15/h5H,3-4H2,1-2H3. The molecule has 0 spiro atoms. The lowest BCUT2D eigenvalue weighted by Crippen LogP contribution is -2.22. The van der Waals surface area contributed by atoms with Crippen molar-refractivity contribution in [3.8, 4) is 11.6 Å². The molecule has 0 saturated heterocycles. The van der Waals surface area contributed by atoms with E-state index in [1.807, 2.05) is 0 Å². The zero-order valence-electron chi connectivity index (χ0n) is 11.8. The Bertz CT molecular complexity index is 570. The quantitative estimate of drug-likeness (QED) is 0.605. The highest BCUT2D eigenvalue weighted by Gasteiger charge is 2.44. The lowest BCUT2D eigenvalue weighted by atomic mass is 10.1. The van der Waals surface area contributed by atoms with Crippen LogP contribution in [-0.4, -0.2) is 31.0 Å². The monoisotopic (exact) mass is 347 g/mol. The van der Waals surface area contributed by atoms with Crippen LogP contribution in [0.1, 0.15) is 18.1 Å². The molecule has 0 bridgehead atoms. The van der Waals surface area contributed by atoms with Gasteiger partial charge in [0, 0.05) is 11.8 Å². The second-order valence-corrected chi connectivity index (χ2v) is 4.02. The van der Waals surface area contributed by atoms with E-state index in [0.717, 1.165) is 7.11 Å². The molecule has 1 aromatic heterocycles. The van der Waals surface area contributed by atoms with Crippen LogP contribution in [-0.2, 0) is 22.1 Å². The molecule has 11 heteroatoms. The third-order valence-corrected chi connectivity index (χ3v) is 2.41. The molecular weight excluding hydrogens is 336 g/mol. The summed E-state index contributed by atoms with van der Waals surface area (Å²) in [5.41, 5.74) is -2.24. The van der Waals surface area contributed by atoms with E-state index in [-0.39, 0.29) is 12.2 Å². The second-order valence-electron chi connectivity index (χ2n) is 4.02. The maximum atomic E-state index is 13.1. The molecule has 0 radical (unpaired) electrons. The Hall–Kier alpha value is -2.20. The Morgan fingerprint density at radius 1 is 1.22 bits per heavy atom.